The fraction of sp³-hybridized carbons (Fsp3) is 0.533. The molecule has 0 atom stereocenters. The Hall–Kier alpha value is -1.35. The van der Waals surface area contributed by atoms with Crippen LogP contribution in [0.1, 0.15) is 41.3 Å². The number of aliphatic hydroxyl groups is 1. The molecule has 2 rings (SSSR count). The molecule has 18 heavy (non-hydrogen) atoms. The average Bonchev–Trinajstić information content (AvgIpc) is 2.28. The topological polar surface area (TPSA) is 40.5 Å². The number of likely N-dealkylation sites (tertiary alicyclic amines) is 1. The Balaban J connectivity index is 2.13. The predicted molar refractivity (Wildman–Crippen MR) is 71.7 cm³/mol. The zero-order chi connectivity index (χ0) is 13.3. The first-order chi connectivity index (χ1) is 8.39. The molecular formula is C15H21NO2. The van der Waals surface area contributed by atoms with Gasteiger partial charge < -0.3 is 10.0 Å². The van der Waals surface area contributed by atoms with E-state index in [0.717, 1.165) is 11.1 Å². The third-order valence-electron chi connectivity index (χ3n) is 3.74. The summed E-state index contributed by atoms with van der Waals surface area (Å²) in [5.41, 5.74) is 2.36. The van der Waals surface area contributed by atoms with Crippen molar-refractivity contribution in [1.29, 1.82) is 0 Å². The van der Waals surface area contributed by atoms with Crippen molar-refractivity contribution in [3.05, 3.63) is 34.9 Å². The number of amides is 1. The molecule has 0 radical (unpaired) electrons. The van der Waals surface area contributed by atoms with E-state index in [1.165, 1.54) is 5.56 Å². The van der Waals surface area contributed by atoms with Gasteiger partial charge in [0.1, 0.15) is 0 Å². The molecule has 1 aliphatic rings. The highest BCUT2D eigenvalue weighted by Gasteiger charge is 2.30. The predicted octanol–water partition coefficient (Wildman–Crippen LogP) is 2.29. The highest BCUT2D eigenvalue weighted by Crippen LogP contribution is 2.23. The monoisotopic (exact) mass is 247 g/mol. The molecule has 1 aromatic rings. The lowest BCUT2D eigenvalue weighted by Crippen LogP contribution is -2.45. The minimum Gasteiger partial charge on any atom is -0.390 e. The molecule has 0 bridgehead atoms. The van der Waals surface area contributed by atoms with Crippen molar-refractivity contribution in [2.75, 3.05) is 13.1 Å². The summed E-state index contributed by atoms with van der Waals surface area (Å²) in [5.74, 6) is 0.0861. The number of rotatable bonds is 1. The lowest BCUT2D eigenvalue weighted by Gasteiger charge is -2.36. The van der Waals surface area contributed by atoms with Crippen molar-refractivity contribution < 1.29 is 9.90 Å². The van der Waals surface area contributed by atoms with Gasteiger partial charge in [-0.3, -0.25) is 4.79 Å². The molecule has 1 N–H and O–H groups in total. The van der Waals surface area contributed by atoms with Gasteiger partial charge in [-0.15, -0.1) is 0 Å². The number of aryl methyl sites for hydroxylation is 2. The van der Waals surface area contributed by atoms with Crippen LogP contribution in [0.4, 0.5) is 0 Å². The van der Waals surface area contributed by atoms with Crippen LogP contribution in [0.3, 0.4) is 0 Å². The van der Waals surface area contributed by atoms with Crippen LogP contribution in [0.5, 0.6) is 0 Å². The number of piperidine rings is 1. The molecule has 1 aromatic carbocycles. The smallest absolute Gasteiger partial charge is 0.254 e. The molecule has 0 aliphatic carbocycles. The first-order valence-corrected chi connectivity index (χ1v) is 6.48. The summed E-state index contributed by atoms with van der Waals surface area (Å²) in [6.07, 6.45) is 1.31. The third-order valence-corrected chi connectivity index (χ3v) is 3.74. The SMILES string of the molecule is Cc1ccc(C(=O)N2CCC(C)(O)CC2)c(C)c1. The van der Waals surface area contributed by atoms with Gasteiger partial charge in [0.25, 0.3) is 5.91 Å². The van der Waals surface area contributed by atoms with Gasteiger partial charge in [-0.25, -0.2) is 0 Å². The quantitative estimate of drug-likeness (QED) is 0.827. The number of hydrogen-bond acceptors (Lipinski definition) is 2. The molecule has 1 fully saturated rings. The minimum absolute atomic E-state index is 0.0861. The normalized spacial score (nSPS) is 18.8. The Bertz CT molecular complexity index is 456. The molecule has 0 spiro atoms. The molecule has 0 aromatic heterocycles. The highest BCUT2D eigenvalue weighted by atomic mass is 16.3. The molecule has 0 unspecified atom stereocenters. The number of carbonyl (C=O) groups excluding carboxylic acids is 1. The van der Waals surface area contributed by atoms with Crippen LogP contribution in [0.2, 0.25) is 0 Å². The van der Waals surface area contributed by atoms with Crippen molar-refractivity contribution in [2.24, 2.45) is 0 Å². The van der Waals surface area contributed by atoms with E-state index in [-0.39, 0.29) is 5.91 Å². The Labute approximate surface area is 108 Å². The molecule has 1 amide bonds. The van der Waals surface area contributed by atoms with Crippen molar-refractivity contribution in [3.8, 4) is 0 Å². The molecule has 3 nitrogen and oxygen atoms in total. The van der Waals surface area contributed by atoms with Crippen LogP contribution in [0, 0.1) is 13.8 Å². The number of benzene rings is 1. The van der Waals surface area contributed by atoms with Gasteiger partial charge in [0.05, 0.1) is 5.60 Å². The summed E-state index contributed by atoms with van der Waals surface area (Å²) in [4.78, 5) is 14.2. The summed E-state index contributed by atoms with van der Waals surface area (Å²) in [6, 6.07) is 5.91. The second kappa shape index (κ2) is 4.73. The van der Waals surface area contributed by atoms with E-state index in [1.807, 2.05) is 43.9 Å². The Morgan fingerprint density at radius 1 is 1.28 bits per heavy atom. The Morgan fingerprint density at radius 2 is 1.89 bits per heavy atom. The van der Waals surface area contributed by atoms with Gasteiger partial charge in [0, 0.05) is 18.7 Å². The summed E-state index contributed by atoms with van der Waals surface area (Å²) in [7, 11) is 0. The fourth-order valence-electron chi connectivity index (χ4n) is 2.42. The summed E-state index contributed by atoms with van der Waals surface area (Å²) >= 11 is 0. The Morgan fingerprint density at radius 3 is 2.44 bits per heavy atom. The van der Waals surface area contributed by atoms with E-state index < -0.39 is 5.60 Å². The Kier molecular flexibility index (Phi) is 3.44. The maximum Gasteiger partial charge on any atom is 0.254 e. The first-order valence-electron chi connectivity index (χ1n) is 6.48. The molecule has 1 aliphatic heterocycles. The summed E-state index contributed by atoms with van der Waals surface area (Å²) in [5, 5.41) is 9.90. The lowest BCUT2D eigenvalue weighted by atomic mass is 9.93. The molecule has 98 valence electrons. The van der Waals surface area contributed by atoms with Gasteiger partial charge in [0.2, 0.25) is 0 Å². The van der Waals surface area contributed by atoms with Crippen LogP contribution in [0.25, 0.3) is 0 Å². The second-order valence-corrected chi connectivity index (χ2v) is 5.61. The number of nitrogens with zero attached hydrogens (tertiary/aromatic N) is 1. The first kappa shape index (κ1) is 13.1. The molecule has 0 saturated carbocycles. The minimum atomic E-state index is -0.612. The maximum atomic E-state index is 12.4. The maximum absolute atomic E-state index is 12.4. The van der Waals surface area contributed by atoms with Crippen molar-refractivity contribution in [3.63, 3.8) is 0 Å². The van der Waals surface area contributed by atoms with Gasteiger partial charge in [-0.1, -0.05) is 17.7 Å². The standard InChI is InChI=1S/C15H21NO2/c1-11-4-5-13(12(2)10-11)14(17)16-8-6-15(3,18)7-9-16/h4-5,10,18H,6-9H2,1-3H3. The van der Waals surface area contributed by atoms with Crippen LogP contribution in [-0.4, -0.2) is 34.6 Å². The fourth-order valence-corrected chi connectivity index (χ4v) is 2.42. The largest absolute Gasteiger partial charge is 0.390 e. The number of hydrogen-bond donors (Lipinski definition) is 1. The van der Waals surface area contributed by atoms with E-state index >= 15 is 0 Å². The molecule has 1 heterocycles. The van der Waals surface area contributed by atoms with E-state index in [2.05, 4.69) is 0 Å². The average molecular weight is 247 g/mol. The van der Waals surface area contributed by atoms with Gasteiger partial charge in [-0.2, -0.15) is 0 Å². The van der Waals surface area contributed by atoms with Gasteiger partial charge >= 0.3 is 0 Å². The second-order valence-electron chi connectivity index (χ2n) is 5.61. The lowest BCUT2D eigenvalue weighted by molar-refractivity contribution is -0.00203. The van der Waals surface area contributed by atoms with E-state index in [0.29, 0.717) is 25.9 Å². The van der Waals surface area contributed by atoms with Gasteiger partial charge in [-0.05, 0) is 45.2 Å². The molecule has 1 saturated heterocycles. The highest BCUT2D eigenvalue weighted by molar-refractivity contribution is 5.95. The summed E-state index contributed by atoms with van der Waals surface area (Å²) < 4.78 is 0. The molecule has 3 heteroatoms. The summed E-state index contributed by atoms with van der Waals surface area (Å²) in [6.45, 7) is 7.12. The van der Waals surface area contributed by atoms with Crippen LogP contribution < -0.4 is 0 Å². The van der Waals surface area contributed by atoms with E-state index in [4.69, 9.17) is 0 Å². The van der Waals surface area contributed by atoms with Gasteiger partial charge in [0.15, 0.2) is 0 Å². The molecular weight excluding hydrogens is 226 g/mol. The van der Waals surface area contributed by atoms with Crippen molar-refractivity contribution in [1.82, 2.24) is 4.90 Å². The van der Waals surface area contributed by atoms with Crippen LogP contribution >= 0.6 is 0 Å². The number of carbonyl (C=O) groups is 1. The zero-order valence-corrected chi connectivity index (χ0v) is 11.4. The van der Waals surface area contributed by atoms with Crippen LogP contribution in [0.15, 0.2) is 18.2 Å². The van der Waals surface area contributed by atoms with E-state index in [9.17, 15) is 9.90 Å². The van der Waals surface area contributed by atoms with Crippen LogP contribution in [-0.2, 0) is 0 Å². The van der Waals surface area contributed by atoms with E-state index in [1.54, 1.807) is 0 Å². The third kappa shape index (κ3) is 2.72. The van der Waals surface area contributed by atoms with Crippen molar-refractivity contribution in [2.45, 2.75) is 39.2 Å². The van der Waals surface area contributed by atoms with Crippen molar-refractivity contribution >= 4 is 5.91 Å². The zero-order valence-electron chi connectivity index (χ0n) is 11.4.